The Balaban J connectivity index is 1.95. The zero-order chi connectivity index (χ0) is 19.1. The van der Waals surface area contributed by atoms with Crippen LogP contribution in [0.1, 0.15) is 33.1 Å². The van der Waals surface area contributed by atoms with Gasteiger partial charge in [-0.2, -0.15) is 5.10 Å². The third-order valence-electron chi connectivity index (χ3n) is 4.40. The number of unbranched alkanes of at least 4 members (excludes halogenated alkanes) is 1. The van der Waals surface area contributed by atoms with Crippen molar-refractivity contribution in [3.05, 3.63) is 54.6 Å². The van der Waals surface area contributed by atoms with Crippen LogP contribution in [0.3, 0.4) is 0 Å². The molecule has 142 valence electrons. The Morgan fingerprint density at radius 2 is 1.56 bits per heavy atom. The molecule has 4 nitrogen and oxygen atoms in total. The Hall–Kier alpha value is -2.75. The van der Waals surface area contributed by atoms with E-state index in [1.807, 2.05) is 42.1 Å². The average Bonchev–Trinajstić information content (AvgIpc) is 3.04. The van der Waals surface area contributed by atoms with Gasteiger partial charge in [0.2, 0.25) is 0 Å². The largest absolute Gasteiger partial charge is 0.494 e. The van der Waals surface area contributed by atoms with Crippen molar-refractivity contribution in [1.82, 2.24) is 9.78 Å². The molecule has 27 heavy (non-hydrogen) atoms. The summed E-state index contributed by atoms with van der Waals surface area (Å²) in [5.41, 5.74) is 4.00. The molecule has 2 aromatic carbocycles. The molecule has 0 amide bonds. The molecule has 0 bridgehead atoms. The third kappa shape index (κ3) is 4.51. The van der Waals surface area contributed by atoms with Gasteiger partial charge < -0.3 is 9.47 Å². The lowest BCUT2D eigenvalue weighted by Crippen LogP contribution is -1.99. The highest BCUT2D eigenvalue weighted by Gasteiger charge is 2.20. The van der Waals surface area contributed by atoms with Gasteiger partial charge in [-0.1, -0.05) is 50.6 Å². The maximum atomic E-state index is 6.14. The molecule has 0 saturated carbocycles. The molecule has 0 spiro atoms. The molecule has 3 aromatic rings. The molecule has 4 heteroatoms. The van der Waals surface area contributed by atoms with E-state index in [4.69, 9.17) is 14.6 Å². The SMILES string of the molecule is CCCCOc1ccc(-c2c(OCCC)c(-c3ccccc3)nn2C)cc1. The molecule has 0 unspecified atom stereocenters. The maximum Gasteiger partial charge on any atom is 0.173 e. The molecule has 1 heterocycles. The van der Waals surface area contributed by atoms with Crippen LogP contribution >= 0.6 is 0 Å². The van der Waals surface area contributed by atoms with Crippen LogP contribution in [0.25, 0.3) is 22.5 Å². The first kappa shape index (κ1) is 19.0. The van der Waals surface area contributed by atoms with Crippen LogP contribution in [0.5, 0.6) is 11.5 Å². The molecule has 0 radical (unpaired) electrons. The Labute approximate surface area is 161 Å². The van der Waals surface area contributed by atoms with Gasteiger partial charge >= 0.3 is 0 Å². The van der Waals surface area contributed by atoms with Crippen molar-refractivity contribution in [1.29, 1.82) is 0 Å². The second kappa shape index (κ2) is 9.26. The minimum atomic E-state index is 0.663. The maximum absolute atomic E-state index is 6.14. The van der Waals surface area contributed by atoms with Crippen LogP contribution in [-0.4, -0.2) is 23.0 Å². The number of aryl methyl sites for hydroxylation is 1. The molecule has 0 N–H and O–H groups in total. The predicted molar refractivity (Wildman–Crippen MR) is 110 cm³/mol. The van der Waals surface area contributed by atoms with Crippen LogP contribution < -0.4 is 9.47 Å². The number of ether oxygens (including phenoxy) is 2. The monoisotopic (exact) mass is 364 g/mol. The second-order valence-corrected chi connectivity index (χ2v) is 6.59. The zero-order valence-corrected chi connectivity index (χ0v) is 16.4. The van der Waals surface area contributed by atoms with E-state index >= 15 is 0 Å². The summed E-state index contributed by atoms with van der Waals surface area (Å²) in [5.74, 6) is 1.74. The lowest BCUT2D eigenvalue weighted by Gasteiger charge is -2.10. The summed E-state index contributed by atoms with van der Waals surface area (Å²) in [4.78, 5) is 0. The van der Waals surface area contributed by atoms with Gasteiger partial charge in [0, 0.05) is 18.2 Å². The Morgan fingerprint density at radius 1 is 0.815 bits per heavy atom. The Kier molecular flexibility index (Phi) is 6.53. The van der Waals surface area contributed by atoms with Crippen LogP contribution in [0.2, 0.25) is 0 Å². The van der Waals surface area contributed by atoms with Gasteiger partial charge in [0.25, 0.3) is 0 Å². The number of benzene rings is 2. The fourth-order valence-corrected chi connectivity index (χ4v) is 2.99. The van der Waals surface area contributed by atoms with Gasteiger partial charge in [-0.3, -0.25) is 4.68 Å². The van der Waals surface area contributed by atoms with E-state index in [0.717, 1.165) is 59.9 Å². The molecule has 1 aromatic heterocycles. The first-order valence-corrected chi connectivity index (χ1v) is 9.73. The highest BCUT2D eigenvalue weighted by molar-refractivity contribution is 5.78. The van der Waals surface area contributed by atoms with Crippen LogP contribution in [0.15, 0.2) is 54.6 Å². The molecular weight excluding hydrogens is 336 g/mol. The number of rotatable bonds is 9. The highest BCUT2D eigenvalue weighted by Crippen LogP contribution is 2.39. The molecule has 3 rings (SSSR count). The van der Waals surface area contributed by atoms with E-state index in [0.29, 0.717) is 6.61 Å². The molecule has 0 saturated heterocycles. The van der Waals surface area contributed by atoms with Gasteiger partial charge in [-0.15, -0.1) is 0 Å². The van der Waals surface area contributed by atoms with E-state index in [-0.39, 0.29) is 0 Å². The van der Waals surface area contributed by atoms with Crippen molar-refractivity contribution in [2.24, 2.45) is 7.05 Å². The van der Waals surface area contributed by atoms with Gasteiger partial charge in [-0.05, 0) is 37.1 Å². The number of hydrogen-bond acceptors (Lipinski definition) is 3. The second-order valence-electron chi connectivity index (χ2n) is 6.59. The number of aromatic nitrogens is 2. The van der Waals surface area contributed by atoms with Crippen molar-refractivity contribution in [3.63, 3.8) is 0 Å². The molecule has 0 atom stereocenters. The minimum absolute atomic E-state index is 0.663. The smallest absolute Gasteiger partial charge is 0.173 e. The van der Waals surface area contributed by atoms with E-state index in [9.17, 15) is 0 Å². The zero-order valence-electron chi connectivity index (χ0n) is 16.4. The fraction of sp³-hybridized carbons (Fsp3) is 0.348. The molecular formula is C23H28N2O2. The van der Waals surface area contributed by atoms with Gasteiger partial charge in [0.15, 0.2) is 5.75 Å². The summed E-state index contributed by atoms with van der Waals surface area (Å²) in [6.07, 6.45) is 3.15. The van der Waals surface area contributed by atoms with E-state index in [2.05, 4.69) is 38.1 Å². The normalized spacial score (nSPS) is 10.8. The third-order valence-corrected chi connectivity index (χ3v) is 4.40. The Morgan fingerprint density at radius 3 is 2.22 bits per heavy atom. The highest BCUT2D eigenvalue weighted by atomic mass is 16.5. The predicted octanol–water partition coefficient (Wildman–Crippen LogP) is 5.72. The summed E-state index contributed by atoms with van der Waals surface area (Å²) in [5, 5.41) is 4.75. The fourth-order valence-electron chi connectivity index (χ4n) is 2.99. The van der Waals surface area contributed by atoms with Crippen molar-refractivity contribution < 1.29 is 9.47 Å². The minimum Gasteiger partial charge on any atom is -0.494 e. The summed E-state index contributed by atoms with van der Waals surface area (Å²) in [6.45, 7) is 5.69. The number of hydrogen-bond donors (Lipinski definition) is 0. The number of nitrogens with zero attached hydrogens (tertiary/aromatic N) is 2. The Bertz CT molecular complexity index is 839. The molecule has 0 aliphatic carbocycles. The lowest BCUT2D eigenvalue weighted by molar-refractivity contribution is 0.309. The lowest BCUT2D eigenvalue weighted by atomic mass is 10.1. The molecule has 0 aliphatic rings. The van der Waals surface area contributed by atoms with Crippen LogP contribution in [0.4, 0.5) is 0 Å². The summed E-state index contributed by atoms with van der Waals surface area (Å²) in [7, 11) is 1.96. The van der Waals surface area contributed by atoms with Gasteiger partial charge in [0.1, 0.15) is 17.1 Å². The van der Waals surface area contributed by atoms with Crippen molar-refractivity contribution in [3.8, 4) is 34.0 Å². The topological polar surface area (TPSA) is 36.3 Å². The first-order chi connectivity index (χ1) is 13.2. The van der Waals surface area contributed by atoms with Gasteiger partial charge in [-0.25, -0.2) is 0 Å². The summed E-state index contributed by atoms with van der Waals surface area (Å²) >= 11 is 0. The molecule has 0 fully saturated rings. The van der Waals surface area contributed by atoms with Crippen molar-refractivity contribution in [2.75, 3.05) is 13.2 Å². The van der Waals surface area contributed by atoms with Crippen molar-refractivity contribution in [2.45, 2.75) is 33.1 Å². The van der Waals surface area contributed by atoms with E-state index < -0.39 is 0 Å². The standard InChI is InChI=1S/C23H28N2O2/c1-4-6-17-26-20-14-12-19(13-15-20)22-23(27-16-5-2)21(24-25(22)3)18-10-8-7-9-11-18/h7-15H,4-6,16-17H2,1-3H3. The van der Waals surface area contributed by atoms with Crippen molar-refractivity contribution >= 4 is 0 Å². The summed E-state index contributed by atoms with van der Waals surface area (Å²) in [6, 6.07) is 18.4. The molecule has 0 aliphatic heterocycles. The van der Waals surface area contributed by atoms with Gasteiger partial charge in [0.05, 0.1) is 13.2 Å². The van der Waals surface area contributed by atoms with Crippen LogP contribution in [0, 0.1) is 0 Å². The van der Waals surface area contributed by atoms with E-state index in [1.54, 1.807) is 0 Å². The first-order valence-electron chi connectivity index (χ1n) is 9.73. The van der Waals surface area contributed by atoms with Crippen LogP contribution in [-0.2, 0) is 7.05 Å². The quantitative estimate of drug-likeness (QED) is 0.456. The average molecular weight is 364 g/mol. The van der Waals surface area contributed by atoms with E-state index in [1.165, 1.54) is 0 Å². The summed E-state index contributed by atoms with van der Waals surface area (Å²) < 4.78 is 13.8.